The van der Waals surface area contributed by atoms with Crippen molar-refractivity contribution in [2.45, 2.75) is 52.5 Å². The monoisotopic (exact) mass is 319 g/mol. The summed E-state index contributed by atoms with van der Waals surface area (Å²) in [6.45, 7) is 10.9. The van der Waals surface area contributed by atoms with Gasteiger partial charge in [-0.15, -0.1) is 0 Å². The average Bonchev–Trinajstić information content (AvgIpc) is 2.50. The first-order chi connectivity index (χ1) is 11.0. The van der Waals surface area contributed by atoms with Gasteiger partial charge in [0.05, 0.1) is 12.2 Å². The quantitative estimate of drug-likeness (QED) is 0.654. The number of aromatic nitrogens is 1. The van der Waals surface area contributed by atoms with E-state index in [-0.39, 0.29) is 12.2 Å². The molecule has 1 aromatic heterocycles. The molecule has 0 amide bonds. The third kappa shape index (κ3) is 5.39. The fourth-order valence-electron chi connectivity index (χ4n) is 2.73. The summed E-state index contributed by atoms with van der Waals surface area (Å²) in [7, 11) is 1.78. The van der Waals surface area contributed by atoms with Crippen LogP contribution in [-0.2, 0) is 11.3 Å². The molecule has 0 spiro atoms. The van der Waals surface area contributed by atoms with Gasteiger partial charge in [-0.05, 0) is 39.3 Å². The lowest BCUT2D eigenvalue weighted by atomic mass is 10.2. The number of anilines is 1. The lowest BCUT2D eigenvalue weighted by Gasteiger charge is -2.36. The Bertz CT molecular complexity index is 504. The number of guanidine groups is 1. The summed E-state index contributed by atoms with van der Waals surface area (Å²) in [4.78, 5) is 11.1. The van der Waals surface area contributed by atoms with Gasteiger partial charge in [-0.25, -0.2) is 4.98 Å². The van der Waals surface area contributed by atoms with Crippen LogP contribution in [0.5, 0.6) is 0 Å². The second-order valence-corrected chi connectivity index (χ2v) is 6.41. The maximum Gasteiger partial charge on any atom is 0.191 e. The highest BCUT2D eigenvalue weighted by atomic mass is 16.5. The molecule has 1 fully saturated rings. The van der Waals surface area contributed by atoms with Gasteiger partial charge in [0.2, 0.25) is 0 Å². The van der Waals surface area contributed by atoms with Gasteiger partial charge in [0.1, 0.15) is 5.82 Å². The number of morpholine rings is 1. The number of pyridine rings is 1. The number of hydrogen-bond acceptors (Lipinski definition) is 4. The molecule has 2 N–H and O–H groups in total. The summed E-state index contributed by atoms with van der Waals surface area (Å²) in [6.07, 6.45) is 2.41. The first-order valence-corrected chi connectivity index (χ1v) is 8.30. The molecular weight excluding hydrogens is 290 g/mol. The van der Waals surface area contributed by atoms with Gasteiger partial charge in [-0.2, -0.15) is 0 Å². The molecule has 6 nitrogen and oxygen atoms in total. The summed E-state index contributed by atoms with van der Waals surface area (Å²) in [5.41, 5.74) is 1.13. The van der Waals surface area contributed by atoms with Crippen molar-refractivity contribution in [3.63, 3.8) is 0 Å². The Balaban J connectivity index is 1.91. The van der Waals surface area contributed by atoms with E-state index in [0.717, 1.165) is 30.4 Å². The number of nitrogens with one attached hydrogen (secondary N) is 2. The molecule has 0 bridgehead atoms. The molecule has 6 heteroatoms. The van der Waals surface area contributed by atoms with Crippen LogP contribution < -0.4 is 15.5 Å². The summed E-state index contributed by atoms with van der Waals surface area (Å²) in [5, 5.41) is 6.56. The minimum atomic E-state index is 0.243. The van der Waals surface area contributed by atoms with E-state index in [4.69, 9.17) is 4.74 Å². The molecule has 1 aromatic rings. The molecule has 2 rings (SSSR count). The zero-order valence-corrected chi connectivity index (χ0v) is 14.8. The maximum atomic E-state index is 5.77. The molecule has 1 saturated heterocycles. The highest BCUT2D eigenvalue weighted by molar-refractivity contribution is 5.79. The molecule has 1 aliphatic rings. The van der Waals surface area contributed by atoms with Gasteiger partial charge >= 0.3 is 0 Å². The SMILES string of the molecule is CN=C(NCc1ccc(N2CC(C)OC(C)C2)nc1)NC(C)C. The van der Waals surface area contributed by atoms with Gasteiger partial charge in [-0.1, -0.05) is 6.07 Å². The molecule has 2 heterocycles. The minimum absolute atomic E-state index is 0.243. The molecular formula is C17H29N5O. The third-order valence-corrected chi connectivity index (χ3v) is 3.66. The van der Waals surface area contributed by atoms with Crippen molar-refractivity contribution in [1.29, 1.82) is 0 Å². The summed E-state index contributed by atoms with van der Waals surface area (Å²) in [6, 6.07) is 4.55. The second-order valence-electron chi connectivity index (χ2n) is 6.41. The topological polar surface area (TPSA) is 61.8 Å². The van der Waals surface area contributed by atoms with E-state index in [1.54, 1.807) is 7.05 Å². The minimum Gasteiger partial charge on any atom is -0.372 e. The zero-order valence-electron chi connectivity index (χ0n) is 14.8. The summed E-state index contributed by atoms with van der Waals surface area (Å²) in [5.74, 6) is 1.82. The maximum absolute atomic E-state index is 5.77. The Morgan fingerprint density at radius 3 is 2.57 bits per heavy atom. The number of hydrogen-bond donors (Lipinski definition) is 2. The molecule has 23 heavy (non-hydrogen) atoms. The predicted molar refractivity (Wildman–Crippen MR) is 94.9 cm³/mol. The normalized spacial score (nSPS) is 22.3. The van der Waals surface area contributed by atoms with Crippen molar-refractivity contribution in [2.75, 3.05) is 25.0 Å². The van der Waals surface area contributed by atoms with Crippen LogP contribution >= 0.6 is 0 Å². The van der Waals surface area contributed by atoms with Gasteiger partial charge in [-0.3, -0.25) is 4.99 Å². The highest BCUT2D eigenvalue weighted by Gasteiger charge is 2.22. The van der Waals surface area contributed by atoms with Gasteiger partial charge in [0, 0.05) is 38.9 Å². The van der Waals surface area contributed by atoms with E-state index in [1.165, 1.54) is 0 Å². The lowest BCUT2D eigenvalue weighted by Crippen LogP contribution is -2.45. The third-order valence-electron chi connectivity index (χ3n) is 3.66. The number of aliphatic imine (C=N–C) groups is 1. The molecule has 0 radical (unpaired) electrons. The van der Waals surface area contributed by atoms with Crippen LogP contribution in [0.15, 0.2) is 23.3 Å². The number of nitrogens with zero attached hydrogens (tertiary/aromatic N) is 3. The highest BCUT2D eigenvalue weighted by Crippen LogP contribution is 2.18. The van der Waals surface area contributed by atoms with E-state index < -0.39 is 0 Å². The van der Waals surface area contributed by atoms with Crippen molar-refractivity contribution in [3.8, 4) is 0 Å². The molecule has 2 atom stereocenters. The second kappa shape index (κ2) is 8.15. The van der Waals surface area contributed by atoms with Crippen molar-refractivity contribution in [1.82, 2.24) is 15.6 Å². The zero-order chi connectivity index (χ0) is 16.8. The number of rotatable bonds is 4. The Morgan fingerprint density at radius 2 is 2.04 bits per heavy atom. The first kappa shape index (κ1) is 17.5. The van der Waals surface area contributed by atoms with Crippen molar-refractivity contribution in [2.24, 2.45) is 4.99 Å². The van der Waals surface area contributed by atoms with Gasteiger partial charge < -0.3 is 20.3 Å². The van der Waals surface area contributed by atoms with Crippen LogP contribution in [0.1, 0.15) is 33.3 Å². The van der Waals surface area contributed by atoms with Crippen LogP contribution in [0.25, 0.3) is 0 Å². The van der Waals surface area contributed by atoms with Crippen molar-refractivity contribution < 1.29 is 4.74 Å². The molecule has 2 unspecified atom stereocenters. The van der Waals surface area contributed by atoms with Gasteiger partial charge in [0.15, 0.2) is 5.96 Å². The predicted octanol–water partition coefficient (Wildman–Crippen LogP) is 1.77. The lowest BCUT2D eigenvalue weighted by molar-refractivity contribution is -0.00545. The Hall–Kier alpha value is -1.82. The summed E-state index contributed by atoms with van der Waals surface area (Å²) < 4.78 is 5.77. The van der Waals surface area contributed by atoms with E-state index in [2.05, 4.69) is 65.3 Å². The smallest absolute Gasteiger partial charge is 0.191 e. The molecule has 0 aromatic carbocycles. The Labute approximate surface area is 139 Å². The van der Waals surface area contributed by atoms with E-state index in [1.807, 2.05) is 6.20 Å². The average molecular weight is 319 g/mol. The number of ether oxygens (including phenoxy) is 1. The fourth-order valence-corrected chi connectivity index (χ4v) is 2.73. The van der Waals surface area contributed by atoms with Crippen molar-refractivity contribution >= 4 is 11.8 Å². The van der Waals surface area contributed by atoms with Crippen LogP contribution in [-0.4, -0.2) is 49.3 Å². The molecule has 0 saturated carbocycles. The van der Waals surface area contributed by atoms with Crippen LogP contribution in [0.3, 0.4) is 0 Å². The largest absolute Gasteiger partial charge is 0.372 e. The van der Waals surface area contributed by atoms with Gasteiger partial charge in [0.25, 0.3) is 0 Å². The summed E-state index contributed by atoms with van der Waals surface area (Å²) >= 11 is 0. The van der Waals surface area contributed by atoms with Crippen LogP contribution in [0, 0.1) is 0 Å². The van der Waals surface area contributed by atoms with Crippen LogP contribution in [0.2, 0.25) is 0 Å². The molecule has 0 aliphatic carbocycles. The standard InChI is InChI=1S/C17H29N5O/c1-12(2)21-17(18-5)20-9-15-6-7-16(19-8-15)22-10-13(3)23-14(4)11-22/h6-8,12-14H,9-11H2,1-5H3,(H2,18,20,21). The Kier molecular flexibility index (Phi) is 6.21. The van der Waals surface area contributed by atoms with E-state index >= 15 is 0 Å². The Morgan fingerprint density at radius 1 is 1.35 bits per heavy atom. The van der Waals surface area contributed by atoms with Crippen LogP contribution in [0.4, 0.5) is 5.82 Å². The molecule has 128 valence electrons. The van der Waals surface area contributed by atoms with E-state index in [9.17, 15) is 0 Å². The van der Waals surface area contributed by atoms with Crippen molar-refractivity contribution in [3.05, 3.63) is 23.9 Å². The first-order valence-electron chi connectivity index (χ1n) is 8.30. The fraction of sp³-hybridized carbons (Fsp3) is 0.647. The van der Waals surface area contributed by atoms with E-state index in [0.29, 0.717) is 12.6 Å². The molecule has 1 aliphatic heterocycles.